The Morgan fingerprint density at radius 2 is 1.83 bits per heavy atom. The fourth-order valence-corrected chi connectivity index (χ4v) is 3.14. The van der Waals surface area contributed by atoms with Crippen LogP contribution in [0.2, 0.25) is 0 Å². The van der Waals surface area contributed by atoms with Crippen molar-refractivity contribution >= 4 is 0 Å². The molecule has 1 aromatic rings. The fourth-order valence-electron chi connectivity index (χ4n) is 3.14. The van der Waals surface area contributed by atoms with Crippen molar-refractivity contribution in [2.45, 2.75) is 64.3 Å². The minimum Gasteiger partial charge on any atom is -0.317 e. The van der Waals surface area contributed by atoms with Crippen LogP contribution in [-0.4, -0.2) is 13.1 Å². The van der Waals surface area contributed by atoms with Gasteiger partial charge in [-0.05, 0) is 68.2 Å². The lowest BCUT2D eigenvalue weighted by molar-refractivity contribution is 0.404. The van der Waals surface area contributed by atoms with Crippen molar-refractivity contribution in [1.82, 2.24) is 5.32 Å². The van der Waals surface area contributed by atoms with Crippen molar-refractivity contribution in [3.05, 3.63) is 34.9 Å². The molecule has 1 aromatic carbocycles. The summed E-state index contributed by atoms with van der Waals surface area (Å²) in [6, 6.07) is 7.76. The summed E-state index contributed by atoms with van der Waals surface area (Å²) in [7, 11) is 2.05. The molecule has 0 spiro atoms. The fraction of sp³-hybridized carbons (Fsp3) is 0.647. The summed E-state index contributed by atoms with van der Waals surface area (Å²) in [5.41, 5.74) is 4.95. The lowest BCUT2D eigenvalue weighted by Gasteiger charge is -2.30. The van der Waals surface area contributed by atoms with Gasteiger partial charge in [-0.25, -0.2) is 0 Å². The Hall–Kier alpha value is -0.820. The minimum atomic E-state index is 0.259. The van der Waals surface area contributed by atoms with Gasteiger partial charge in [-0.15, -0.1) is 0 Å². The van der Waals surface area contributed by atoms with Gasteiger partial charge < -0.3 is 5.32 Å². The van der Waals surface area contributed by atoms with Gasteiger partial charge in [0.25, 0.3) is 0 Å². The Balaban J connectivity index is 2.22. The molecule has 0 fully saturated rings. The summed E-state index contributed by atoms with van der Waals surface area (Å²) in [5.74, 6) is 0. The molecule has 1 atom stereocenters. The second-order valence-corrected chi connectivity index (χ2v) is 6.47. The lowest BCUT2D eigenvalue weighted by atomic mass is 9.77. The van der Waals surface area contributed by atoms with E-state index in [1.165, 1.54) is 37.7 Å². The number of hydrogen-bond acceptors (Lipinski definition) is 1. The molecule has 1 aliphatic rings. The van der Waals surface area contributed by atoms with E-state index in [0.29, 0.717) is 6.04 Å². The number of aryl methyl sites for hydroxylation is 2. The van der Waals surface area contributed by atoms with Crippen LogP contribution in [0.3, 0.4) is 0 Å². The molecule has 0 radical (unpaired) electrons. The van der Waals surface area contributed by atoms with Gasteiger partial charge in [0.2, 0.25) is 0 Å². The smallest absolute Gasteiger partial charge is 0.00440 e. The molecule has 0 aromatic heterocycles. The van der Waals surface area contributed by atoms with E-state index in [9.17, 15) is 0 Å². The van der Waals surface area contributed by atoms with Gasteiger partial charge in [0.15, 0.2) is 0 Å². The average Bonchev–Trinajstić information content (AvgIpc) is 2.37. The van der Waals surface area contributed by atoms with Gasteiger partial charge in [0.05, 0.1) is 0 Å². The van der Waals surface area contributed by atoms with Gasteiger partial charge in [0, 0.05) is 6.04 Å². The molecule has 0 aliphatic heterocycles. The third-order valence-electron chi connectivity index (χ3n) is 4.44. The molecule has 0 bridgehead atoms. The number of rotatable bonds is 4. The van der Waals surface area contributed by atoms with Crippen LogP contribution in [0.5, 0.6) is 0 Å². The normalized spacial score (nSPS) is 17.3. The average molecular weight is 245 g/mol. The molecule has 2 rings (SSSR count). The molecule has 0 saturated carbocycles. The molecule has 0 heterocycles. The minimum absolute atomic E-state index is 0.259. The van der Waals surface area contributed by atoms with Gasteiger partial charge >= 0.3 is 0 Å². The topological polar surface area (TPSA) is 12.0 Å². The van der Waals surface area contributed by atoms with Crippen LogP contribution in [0, 0.1) is 0 Å². The first-order valence-electron chi connectivity index (χ1n) is 7.32. The molecule has 18 heavy (non-hydrogen) atoms. The second kappa shape index (κ2) is 5.44. The first-order valence-corrected chi connectivity index (χ1v) is 7.32. The third-order valence-corrected chi connectivity index (χ3v) is 4.44. The van der Waals surface area contributed by atoms with E-state index in [4.69, 9.17) is 0 Å². The van der Waals surface area contributed by atoms with Gasteiger partial charge in [0.1, 0.15) is 0 Å². The van der Waals surface area contributed by atoms with Crippen LogP contribution >= 0.6 is 0 Å². The van der Waals surface area contributed by atoms with Gasteiger partial charge in [-0.3, -0.25) is 0 Å². The maximum Gasteiger partial charge on any atom is 0.00440 e. The number of fused-ring (bicyclic) bond motifs is 1. The largest absolute Gasteiger partial charge is 0.317 e. The van der Waals surface area contributed by atoms with Crippen LogP contribution < -0.4 is 5.32 Å². The predicted molar refractivity (Wildman–Crippen MR) is 79.2 cm³/mol. The van der Waals surface area contributed by atoms with Crippen molar-refractivity contribution in [1.29, 1.82) is 0 Å². The molecule has 1 heteroatoms. The van der Waals surface area contributed by atoms with Gasteiger partial charge in [-0.1, -0.05) is 32.0 Å². The quantitative estimate of drug-likeness (QED) is 0.850. The second-order valence-electron chi connectivity index (χ2n) is 6.47. The molecule has 1 N–H and O–H groups in total. The highest BCUT2D eigenvalue weighted by molar-refractivity contribution is 5.37. The zero-order valence-electron chi connectivity index (χ0n) is 12.3. The summed E-state index contributed by atoms with van der Waals surface area (Å²) < 4.78 is 0. The van der Waals surface area contributed by atoms with Crippen molar-refractivity contribution < 1.29 is 0 Å². The van der Waals surface area contributed by atoms with E-state index in [2.05, 4.69) is 44.3 Å². The van der Waals surface area contributed by atoms with E-state index in [1.807, 2.05) is 7.05 Å². The molecule has 0 saturated heterocycles. The molecule has 1 nitrogen and oxygen atoms in total. The molecule has 1 aliphatic carbocycles. The van der Waals surface area contributed by atoms with Crippen molar-refractivity contribution in [3.8, 4) is 0 Å². The maximum atomic E-state index is 3.35. The summed E-state index contributed by atoms with van der Waals surface area (Å²) in [6.45, 7) is 7.00. The van der Waals surface area contributed by atoms with E-state index >= 15 is 0 Å². The first kappa shape index (κ1) is 13.6. The number of nitrogens with one attached hydrogen (secondary N) is 1. The number of hydrogen-bond donors (Lipinski definition) is 1. The Kier molecular flexibility index (Phi) is 4.11. The van der Waals surface area contributed by atoms with Crippen LogP contribution in [0.1, 0.15) is 56.7 Å². The lowest BCUT2D eigenvalue weighted by Crippen LogP contribution is -2.31. The van der Waals surface area contributed by atoms with Crippen LogP contribution in [0.25, 0.3) is 0 Å². The SMILES string of the molecule is CNC(C)CC(C)(C)c1ccc2c(c1)CCCC2. The monoisotopic (exact) mass is 245 g/mol. The summed E-state index contributed by atoms with van der Waals surface area (Å²) >= 11 is 0. The summed E-state index contributed by atoms with van der Waals surface area (Å²) in [6.07, 6.45) is 6.47. The van der Waals surface area contributed by atoms with Crippen LogP contribution in [-0.2, 0) is 18.3 Å². The predicted octanol–water partition coefficient (Wildman–Crippen LogP) is 3.84. The van der Waals surface area contributed by atoms with E-state index in [1.54, 1.807) is 11.1 Å². The van der Waals surface area contributed by atoms with Crippen LogP contribution in [0.4, 0.5) is 0 Å². The zero-order chi connectivity index (χ0) is 13.2. The van der Waals surface area contributed by atoms with E-state index < -0.39 is 0 Å². The van der Waals surface area contributed by atoms with Crippen molar-refractivity contribution in [2.24, 2.45) is 0 Å². The molecule has 0 amide bonds. The maximum absolute atomic E-state index is 3.35. The Morgan fingerprint density at radius 1 is 1.17 bits per heavy atom. The van der Waals surface area contributed by atoms with Crippen molar-refractivity contribution in [3.63, 3.8) is 0 Å². The standard InChI is InChI=1S/C17H27N/c1-13(18-4)12-17(2,3)16-10-9-14-7-5-6-8-15(14)11-16/h9-11,13,18H,5-8,12H2,1-4H3. The Morgan fingerprint density at radius 3 is 2.50 bits per heavy atom. The van der Waals surface area contributed by atoms with Crippen LogP contribution in [0.15, 0.2) is 18.2 Å². The highest BCUT2D eigenvalue weighted by atomic mass is 14.9. The third kappa shape index (κ3) is 2.95. The molecular weight excluding hydrogens is 218 g/mol. The first-order chi connectivity index (χ1) is 8.53. The van der Waals surface area contributed by atoms with E-state index in [-0.39, 0.29) is 5.41 Å². The summed E-state index contributed by atoms with van der Waals surface area (Å²) in [4.78, 5) is 0. The highest BCUT2D eigenvalue weighted by Crippen LogP contribution is 2.32. The number of benzene rings is 1. The zero-order valence-corrected chi connectivity index (χ0v) is 12.3. The molecular formula is C17H27N. The Labute approximate surface area is 112 Å². The highest BCUT2D eigenvalue weighted by Gasteiger charge is 2.24. The van der Waals surface area contributed by atoms with Crippen molar-refractivity contribution in [2.75, 3.05) is 7.05 Å². The summed E-state index contributed by atoms with van der Waals surface area (Å²) in [5, 5.41) is 3.35. The molecule has 100 valence electrons. The molecule has 1 unspecified atom stereocenters. The van der Waals surface area contributed by atoms with Gasteiger partial charge in [-0.2, -0.15) is 0 Å². The Bertz CT molecular complexity index is 406. The van der Waals surface area contributed by atoms with E-state index in [0.717, 1.165) is 0 Å².